The third-order valence-electron chi connectivity index (χ3n) is 2.41. The molecule has 0 bridgehead atoms. The van der Waals surface area contributed by atoms with Gasteiger partial charge in [0.2, 0.25) is 0 Å². The maximum Gasteiger partial charge on any atom is 0.335 e. The molecule has 0 amide bonds. The second kappa shape index (κ2) is 5.25. The summed E-state index contributed by atoms with van der Waals surface area (Å²) in [5.41, 5.74) is 0.113. The standard InChI is InChI=1S/C11H10BrN3O4S/c1-15-5-10(13-6-15)20(18,19)14-9-4-7(11(16)17)2-3-8(9)12/h2-6,14H,1H3,(H,16,17). The number of anilines is 1. The van der Waals surface area contributed by atoms with Gasteiger partial charge in [-0.2, -0.15) is 8.42 Å². The summed E-state index contributed by atoms with van der Waals surface area (Å²) in [6, 6.07) is 4.05. The van der Waals surface area contributed by atoms with Crippen molar-refractivity contribution in [3.63, 3.8) is 0 Å². The molecule has 106 valence electrons. The number of hydrogen-bond donors (Lipinski definition) is 2. The zero-order chi connectivity index (χ0) is 14.9. The number of rotatable bonds is 4. The van der Waals surface area contributed by atoms with Gasteiger partial charge >= 0.3 is 5.97 Å². The van der Waals surface area contributed by atoms with Gasteiger partial charge in [0, 0.05) is 17.7 Å². The first-order valence-corrected chi connectivity index (χ1v) is 7.61. The molecule has 0 atom stereocenters. The van der Waals surface area contributed by atoms with Crippen LogP contribution >= 0.6 is 15.9 Å². The molecular weight excluding hydrogens is 350 g/mol. The van der Waals surface area contributed by atoms with Crippen LogP contribution in [0.25, 0.3) is 0 Å². The zero-order valence-corrected chi connectivity index (χ0v) is 12.6. The average Bonchev–Trinajstić information content (AvgIpc) is 2.79. The monoisotopic (exact) mass is 359 g/mol. The smallest absolute Gasteiger partial charge is 0.335 e. The molecule has 7 nitrogen and oxygen atoms in total. The topological polar surface area (TPSA) is 101 Å². The van der Waals surface area contributed by atoms with E-state index in [1.165, 1.54) is 35.3 Å². The lowest BCUT2D eigenvalue weighted by atomic mass is 10.2. The zero-order valence-electron chi connectivity index (χ0n) is 10.2. The highest BCUT2D eigenvalue weighted by atomic mass is 79.9. The Hall–Kier alpha value is -1.87. The van der Waals surface area contributed by atoms with Crippen LogP contribution in [0.1, 0.15) is 10.4 Å². The largest absolute Gasteiger partial charge is 0.478 e. The number of halogens is 1. The van der Waals surface area contributed by atoms with Gasteiger partial charge in [-0.25, -0.2) is 9.78 Å². The third kappa shape index (κ3) is 2.99. The Bertz CT molecular complexity index is 770. The molecule has 0 aliphatic rings. The predicted molar refractivity (Wildman–Crippen MR) is 75.1 cm³/mol. The highest BCUT2D eigenvalue weighted by molar-refractivity contribution is 9.10. The molecule has 2 aromatic rings. The molecule has 1 aromatic heterocycles. The van der Waals surface area contributed by atoms with Gasteiger partial charge in [0.05, 0.1) is 17.6 Å². The van der Waals surface area contributed by atoms with E-state index < -0.39 is 16.0 Å². The number of aryl methyl sites for hydroxylation is 1. The Morgan fingerprint density at radius 2 is 2.15 bits per heavy atom. The lowest BCUT2D eigenvalue weighted by Gasteiger charge is -2.08. The minimum Gasteiger partial charge on any atom is -0.478 e. The summed E-state index contributed by atoms with van der Waals surface area (Å²) < 4.78 is 28.4. The molecule has 20 heavy (non-hydrogen) atoms. The van der Waals surface area contributed by atoms with Crippen molar-refractivity contribution in [2.24, 2.45) is 7.05 Å². The van der Waals surface area contributed by atoms with Crippen LogP contribution in [0.5, 0.6) is 0 Å². The molecule has 2 N–H and O–H groups in total. The van der Waals surface area contributed by atoms with Gasteiger partial charge in [0.1, 0.15) is 0 Å². The second-order valence-electron chi connectivity index (χ2n) is 3.98. The molecule has 0 aliphatic carbocycles. The van der Waals surface area contributed by atoms with E-state index in [1.807, 2.05) is 0 Å². The van der Waals surface area contributed by atoms with Crippen molar-refractivity contribution in [2.75, 3.05) is 4.72 Å². The quantitative estimate of drug-likeness (QED) is 0.864. The first kappa shape index (κ1) is 14.5. The fraction of sp³-hybridized carbons (Fsp3) is 0.0909. The summed E-state index contributed by atoms with van der Waals surface area (Å²) in [5, 5.41) is 8.76. The molecule has 2 rings (SSSR count). The number of aromatic carboxylic acids is 1. The van der Waals surface area contributed by atoms with E-state index in [2.05, 4.69) is 25.6 Å². The Morgan fingerprint density at radius 1 is 1.45 bits per heavy atom. The van der Waals surface area contributed by atoms with E-state index in [-0.39, 0.29) is 16.3 Å². The third-order valence-corrected chi connectivity index (χ3v) is 4.36. The molecular formula is C11H10BrN3O4S. The van der Waals surface area contributed by atoms with Gasteiger partial charge in [-0.3, -0.25) is 4.72 Å². The van der Waals surface area contributed by atoms with Crippen LogP contribution in [0.15, 0.2) is 40.2 Å². The number of nitrogens with zero attached hydrogens (tertiary/aromatic N) is 2. The van der Waals surface area contributed by atoms with Crippen molar-refractivity contribution in [1.29, 1.82) is 0 Å². The van der Waals surface area contributed by atoms with Gasteiger partial charge in [-0.05, 0) is 34.1 Å². The second-order valence-corrected chi connectivity index (χ2v) is 6.47. The van der Waals surface area contributed by atoms with Crippen LogP contribution in [0, 0.1) is 0 Å². The van der Waals surface area contributed by atoms with Crippen LogP contribution in [0.4, 0.5) is 5.69 Å². The van der Waals surface area contributed by atoms with Gasteiger partial charge < -0.3 is 9.67 Å². The Labute approximate surface area is 123 Å². The van der Waals surface area contributed by atoms with Crippen molar-refractivity contribution in [1.82, 2.24) is 9.55 Å². The van der Waals surface area contributed by atoms with E-state index in [9.17, 15) is 13.2 Å². The van der Waals surface area contributed by atoms with Crippen molar-refractivity contribution in [2.45, 2.75) is 5.03 Å². The molecule has 0 unspecified atom stereocenters. The van der Waals surface area contributed by atoms with Crippen LogP contribution in [0.2, 0.25) is 0 Å². The molecule has 1 aromatic carbocycles. The number of benzene rings is 1. The van der Waals surface area contributed by atoms with E-state index in [1.54, 1.807) is 7.05 Å². The molecule has 1 heterocycles. The molecule has 0 spiro atoms. The van der Waals surface area contributed by atoms with Crippen LogP contribution in [0.3, 0.4) is 0 Å². The summed E-state index contributed by atoms with van der Waals surface area (Å²) in [6.07, 6.45) is 2.70. The summed E-state index contributed by atoms with van der Waals surface area (Å²) in [6.45, 7) is 0. The van der Waals surface area contributed by atoms with E-state index in [4.69, 9.17) is 5.11 Å². The SMILES string of the molecule is Cn1cnc(S(=O)(=O)Nc2cc(C(=O)O)ccc2Br)c1. The summed E-state index contributed by atoms with van der Waals surface area (Å²) >= 11 is 3.16. The van der Waals surface area contributed by atoms with Gasteiger partial charge in [-0.15, -0.1) is 0 Å². The Kier molecular flexibility index (Phi) is 3.82. The summed E-state index contributed by atoms with van der Waals surface area (Å²) in [7, 11) is -2.22. The number of sulfonamides is 1. The molecule has 0 fully saturated rings. The number of carboxylic acid groups (broad SMARTS) is 1. The van der Waals surface area contributed by atoms with Crippen molar-refractivity contribution in [3.05, 3.63) is 40.8 Å². The number of imidazole rings is 1. The molecule has 0 aliphatic heterocycles. The first-order valence-electron chi connectivity index (χ1n) is 5.33. The highest BCUT2D eigenvalue weighted by Crippen LogP contribution is 2.26. The van der Waals surface area contributed by atoms with E-state index in [0.29, 0.717) is 4.47 Å². The lowest BCUT2D eigenvalue weighted by molar-refractivity contribution is 0.0697. The van der Waals surface area contributed by atoms with Crippen LogP contribution in [-0.2, 0) is 17.1 Å². The van der Waals surface area contributed by atoms with Crippen molar-refractivity contribution < 1.29 is 18.3 Å². The number of carbonyl (C=O) groups is 1. The molecule has 0 saturated heterocycles. The predicted octanol–water partition coefficient (Wildman–Crippen LogP) is 1.68. The average molecular weight is 360 g/mol. The molecule has 0 radical (unpaired) electrons. The van der Waals surface area contributed by atoms with Crippen molar-refractivity contribution in [3.8, 4) is 0 Å². The van der Waals surface area contributed by atoms with Gasteiger partial charge in [0.25, 0.3) is 10.0 Å². The number of carboxylic acids is 1. The Balaban J connectivity index is 2.39. The van der Waals surface area contributed by atoms with Gasteiger partial charge in [-0.1, -0.05) is 0 Å². The van der Waals surface area contributed by atoms with E-state index in [0.717, 1.165) is 0 Å². The molecule has 0 saturated carbocycles. The van der Waals surface area contributed by atoms with Crippen LogP contribution in [-0.4, -0.2) is 29.0 Å². The van der Waals surface area contributed by atoms with E-state index >= 15 is 0 Å². The fourth-order valence-electron chi connectivity index (χ4n) is 1.46. The highest BCUT2D eigenvalue weighted by Gasteiger charge is 2.19. The summed E-state index contributed by atoms with van der Waals surface area (Å²) in [4.78, 5) is 14.6. The number of aromatic nitrogens is 2. The number of nitrogens with one attached hydrogen (secondary N) is 1. The first-order chi connectivity index (χ1) is 9.29. The summed E-state index contributed by atoms with van der Waals surface area (Å²) in [5.74, 6) is -1.14. The minimum atomic E-state index is -3.86. The number of hydrogen-bond acceptors (Lipinski definition) is 4. The maximum absolute atomic E-state index is 12.1. The molecule has 9 heteroatoms. The lowest BCUT2D eigenvalue weighted by Crippen LogP contribution is -2.14. The normalized spacial score (nSPS) is 11.3. The van der Waals surface area contributed by atoms with Gasteiger partial charge in [0.15, 0.2) is 5.03 Å². The van der Waals surface area contributed by atoms with Crippen LogP contribution < -0.4 is 4.72 Å². The van der Waals surface area contributed by atoms with Crippen molar-refractivity contribution >= 4 is 37.6 Å². The minimum absolute atomic E-state index is 0.0214. The Morgan fingerprint density at radius 3 is 2.70 bits per heavy atom. The maximum atomic E-state index is 12.1. The fourth-order valence-corrected chi connectivity index (χ4v) is 2.99.